The van der Waals surface area contributed by atoms with Gasteiger partial charge in [0.15, 0.2) is 5.69 Å². The van der Waals surface area contributed by atoms with Crippen LogP contribution in [0, 0.1) is 12.8 Å². The van der Waals surface area contributed by atoms with Gasteiger partial charge in [0.1, 0.15) is 0 Å². The van der Waals surface area contributed by atoms with E-state index < -0.39 is 5.91 Å². The van der Waals surface area contributed by atoms with E-state index in [1.807, 2.05) is 37.3 Å². The highest BCUT2D eigenvalue weighted by Crippen LogP contribution is 2.37. The molecular formula is C24H26N6O2. The fraction of sp³-hybridized carbons (Fsp3) is 0.250. The number of aryl methyl sites for hydroxylation is 1. The van der Waals surface area contributed by atoms with Crippen molar-refractivity contribution in [2.24, 2.45) is 11.7 Å². The summed E-state index contributed by atoms with van der Waals surface area (Å²) < 4.78 is 5.84. The van der Waals surface area contributed by atoms with Gasteiger partial charge in [-0.25, -0.2) is 9.97 Å². The van der Waals surface area contributed by atoms with Gasteiger partial charge in [0.05, 0.1) is 35.4 Å². The first-order chi connectivity index (χ1) is 15.4. The van der Waals surface area contributed by atoms with Crippen LogP contribution in [0.3, 0.4) is 0 Å². The Hall–Kier alpha value is -3.94. The molecule has 3 aromatic heterocycles. The van der Waals surface area contributed by atoms with Gasteiger partial charge in [0.25, 0.3) is 5.91 Å². The minimum atomic E-state index is -0.702. The lowest BCUT2D eigenvalue weighted by Gasteiger charge is -2.15. The number of nitrogen functional groups attached to an aromatic ring is 1. The lowest BCUT2D eigenvalue weighted by molar-refractivity contribution is 0.0996. The molecule has 1 atom stereocenters. The number of H-pyrrole nitrogens is 1. The van der Waals surface area contributed by atoms with Crippen molar-refractivity contribution in [3.05, 3.63) is 53.9 Å². The average Bonchev–Trinajstić information content (AvgIpc) is 3.26. The number of rotatable bonds is 7. The predicted octanol–water partition coefficient (Wildman–Crippen LogP) is 4.10. The third-order valence-electron chi connectivity index (χ3n) is 5.59. The van der Waals surface area contributed by atoms with Crippen molar-refractivity contribution in [2.45, 2.75) is 27.2 Å². The van der Waals surface area contributed by atoms with Crippen LogP contribution >= 0.6 is 0 Å². The molecule has 8 nitrogen and oxygen atoms in total. The van der Waals surface area contributed by atoms with Gasteiger partial charge in [-0.3, -0.25) is 9.89 Å². The van der Waals surface area contributed by atoms with Crippen molar-refractivity contribution in [3.8, 4) is 28.4 Å². The molecule has 5 N–H and O–H groups in total. The molecule has 0 saturated heterocycles. The number of fused-ring (bicyclic) bond motifs is 1. The van der Waals surface area contributed by atoms with Crippen molar-refractivity contribution in [1.29, 1.82) is 0 Å². The molecule has 0 aliphatic carbocycles. The number of primary amides is 1. The molecule has 0 fully saturated rings. The minimum absolute atomic E-state index is 0.00474. The summed E-state index contributed by atoms with van der Waals surface area (Å²) in [5.41, 5.74) is 16.6. The van der Waals surface area contributed by atoms with Gasteiger partial charge in [-0.15, -0.1) is 0 Å². The highest BCUT2D eigenvalue weighted by molar-refractivity contribution is 6.05. The van der Waals surface area contributed by atoms with E-state index in [2.05, 4.69) is 34.0 Å². The van der Waals surface area contributed by atoms with E-state index in [1.165, 1.54) is 0 Å². The van der Waals surface area contributed by atoms with Crippen LogP contribution < -0.4 is 16.2 Å². The van der Waals surface area contributed by atoms with Gasteiger partial charge in [-0.2, -0.15) is 5.10 Å². The molecule has 0 bridgehead atoms. The normalized spacial score (nSPS) is 12.1. The van der Waals surface area contributed by atoms with Crippen LogP contribution in [0.1, 0.15) is 36.3 Å². The first kappa shape index (κ1) is 21.3. The number of nitrogens with one attached hydrogen (secondary N) is 1. The molecule has 0 aliphatic rings. The zero-order valence-corrected chi connectivity index (χ0v) is 18.3. The monoisotopic (exact) mass is 430 g/mol. The van der Waals surface area contributed by atoms with Crippen molar-refractivity contribution in [1.82, 2.24) is 20.2 Å². The van der Waals surface area contributed by atoms with E-state index in [9.17, 15) is 4.79 Å². The van der Waals surface area contributed by atoms with Crippen LogP contribution in [-0.2, 0) is 0 Å². The third-order valence-corrected chi connectivity index (χ3v) is 5.59. The highest BCUT2D eigenvalue weighted by atomic mass is 16.5. The topological polar surface area (TPSA) is 133 Å². The van der Waals surface area contributed by atoms with Crippen molar-refractivity contribution >= 4 is 22.5 Å². The third kappa shape index (κ3) is 3.99. The van der Waals surface area contributed by atoms with Gasteiger partial charge in [0, 0.05) is 17.0 Å². The Kier molecular flexibility index (Phi) is 5.77. The molecule has 4 rings (SSSR count). The quantitative estimate of drug-likeness (QED) is 0.404. The number of carbonyl (C=O) groups is 1. The molecule has 0 saturated carbocycles. The number of ether oxygens (including phenoxy) is 1. The molecule has 1 unspecified atom stereocenters. The SMILES string of the molecule is CCC(C)COc1cccc(-c2cc(-c3c(C)ccc4[nH]ncc34)c(N)c(C(N)=O)n2)n1. The molecular weight excluding hydrogens is 404 g/mol. The van der Waals surface area contributed by atoms with Gasteiger partial charge in [0.2, 0.25) is 5.88 Å². The smallest absolute Gasteiger partial charge is 0.269 e. The first-order valence-corrected chi connectivity index (χ1v) is 10.5. The molecule has 164 valence electrons. The van der Waals surface area contributed by atoms with E-state index in [0.717, 1.165) is 28.5 Å². The van der Waals surface area contributed by atoms with E-state index in [-0.39, 0.29) is 11.4 Å². The van der Waals surface area contributed by atoms with Gasteiger partial charge < -0.3 is 16.2 Å². The standard InChI is InChI=1S/C24H26N6O2/c1-4-13(2)12-32-20-7-5-6-18(28-20)19-10-15(22(25)23(29-19)24(26)31)21-14(3)8-9-17-16(21)11-27-30-17/h5-11,13H,4,12,25H2,1-3H3,(H2,26,31)(H,27,30). The highest BCUT2D eigenvalue weighted by Gasteiger charge is 2.20. The number of benzene rings is 1. The number of amides is 1. The van der Waals surface area contributed by atoms with Gasteiger partial charge in [-0.1, -0.05) is 32.4 Å². The summed E-state index contributed by atoms with van der Waals surface area (Å²) in [4.78, 5) is 21.2. The van der Waals surface area contributed by atoms with E-state index in [1.54, 1.807) is 12.3 Å². The summed E-state index contributed by atoms with van der Waals surface area (Å²) >= 11 is 0. The molecule has 4 aromatic rings. The summed E-state index contributed by atoms with van der Waals surface area (Å²) in [6, 6.07) is 11.2. The Labute approximate surface area is 186 Å². The molecule has 3 heterocycles. The average molecular weight is 431 g/mol. The minimum Gasteiger partial charge on any atom is -0.477 e. The number of aromatic amines is 1. The number of pyridine rings is 2. The van der Waals surface area contributed by atoms with Crippen LogP contribution in [0.2, 0.25) is 0 Å². The van der Waals surface area contributed by atoms with Crippen LogP contribution in [0.4, 0.5) is 5.69 Å². The lowest BCUT2D eigenvalue weighted by atomic mass is 9.94. The number of hydrogen-bond acceptors (Lipinski definition) is 6. The summed E-state index contributed by atoms with van der Waals surface area (Å²) in [7, 11) is 0. The largest absolute Gasteiger partial charge is 0.477 e. The number of carbonyl (C=O) groups excluding carboxylic acids is 1. The number of nitrogens with two attached hydrogens (primary N) is 2. The van der Waals surface area contributed by atoms with E-state index >= 15 is 0 Å². The second-order valence-electron chi connectivity index (χ2n) is 7.96. The Morgan fingerprint density at radius 3 is 2.75 bits per heavy atom. The number of aromatic nitrogens is 4. The number of anilines is 1. The molecule has 8 heteroatoms. The maximum absolute atomic E-state index is 12.2. The van der Waals surface area contributed by atoms with Crippen LogP contribution in [0.5, 0.6) is 5.88 Å². The van der Waals surface area contributed by atoms with Crippen molar-refractivity contribution in [3.63, 3.8) is 0 Å². The molecule has 0 aliphatic heterocycles. The van der Waals surface area contributed by atoms with E-state index in [4.69, 9.17) is 16.2 Å². The van der Waals surface area contributed by atoms with Crippen molar-refractivity contribution in [2.75, 3.05) is 12.3 Å². The second kappa shape index (κ2) is 8.66. The Balaban J connectivity index is 1.87. The number of hydrogen-bond donors (Lipinski definition) is 3. The maximum Gasteiger partial charge on any atom is 0.269 e. The lowest BCUT2D eigenvalue weighted by Crippen LogP contribution is -2.17. The van der Waals surface area contributed by atoms with Crippen LogP contribution in [0.25, 0.3) is 33.4 Å². The molecule has 0 spiro atoms. The Morgan fingerprint density at radius 1 is 1.19 bits per heavy atom. The van der Waals surface area contributed by atoms with Crippen LogP contribution in [0.15, 0.2) is 42.6 Å². The first-order valence-electron chi connectivity index (χ1n) is 10.5. The molecule has 1 aromatic carbocycles. The predicted molar refractivity (Wildman–Crippen MR) is 125 cm³/mol. The maximum atomic E-state index is 12.2. The fourth-order valence-electron chi connectivity index (χ4n) is 3.55. The fourth-order valence-corrected chi connectivity index (χ4v) is 3.55. The molecule has 1 amide bonds. The second-order valence-corrected chi connectivity index (χ2v) is 7.96. The summed E-state index contributed by atoms with van der Waals surface area (Å²) in [6.45, 7) is 6.79. The Bertz CT molecular complexity index is 1300. The molecule has 0 radical (unpaired) electrons. The zero-order valence-electron chi connectivity index (χ0n) is 18.3. The summed E-state index contributed by atoms with van der Waals surface area (Å²) in [6.07, 6.45) is 2.76. The van der Waals surface area contributed by atoms with E-state index in [0.29, 0.717) is 35.4 Å². The van der Waals surface area contributed by atoms with Crippen LogP contribution in [-0.4, -0.2) is 32.7 Å². The van der Waals surface area contributed by atoms with Gasteiger partial charge in [-0.05, 0) is 42.2 Å². The van der Waals surface area contributed by atoms with Gasteiger partial charge >= 0.3 is 0 Å². The number of nitrogens with zero attached hydrogens (tertiary/aromatic N) is 3. The zero-order chi connectivity index (χ0) is 22.8. The molecule has 32 heavy (non-hydrogen) atoms. The van der Waals surface area contributed by atoms with Crippen molar-refractivity contribution < 1.29 is 9.53 Å². The summed E-state index contributed by atoms with van der Waals surface area (Å²) in [5, 5.41) is 8.01. The summed E-state index contributed by atoms with van der Waals surface area (Å²) in [5.74, 6) is 0.213. The Morgan fingerprint density at radius 2 is 2.00 bits per heavy atom.